The smallest absolute Gasteiger partial charge is 0.244 e. The van der Waals surface area contributed by atoms with Gasteiger partial charge in [-0.25, -0.2) is 0 Å². The maximum absolute atomic E-state index is 12.7. The number of nitrogens with one attached hydrogen (secondary N) is 1. The highest BCUT2D eigenvalue weighted by atomic mass is 35.5. The Morgan fingerprint density at radius 2 is 1.87 bits per heavy atom. The number of hydrogen-bond acceptors (Lipinski definition) is 5. The molecule has 1 fully saturated rings. The zero-order valence-electron chi connectivity index (χ0n) is 17.4. The molecule has 7 heteroatoms. The van der Waals surface area contributed by atoms with E-state index in [4.69, 9.17) is 25.8 Å². The van der Waals surface area contributed by atoms with Crippen molar-refractivity contribution in [3.8, 4) is 11.5 Å². The fraction of sp³-hybridized carbons (Fsp3) is 0.375. The molecule has 2 heterocycles. The van der Waals surface area contributed by atoms with E-state index in [0.29, 0.717) is 29.7 Å². The van der Waals surface area contributed by atoms with Gasteiger partial charge >= 0.3 is 0 Å². The fourth-order valence-electron chi connectivity index (χ4n) is 3.70. The topological polar surface area (TPSA) is 60.0 Å². The van der Waals surface area contributed by atoms with Crippen molar-refractivity contribution < 1.29 is 19.0 Å². The molecule has 1 saturated heterocycles. The summed E-state index contributed by atoms with van der Waals surface area (Å²) in [6.07, 6.45) is 4.08. The lowest BCUT2D eigenvalue weighted by Crippen LogP contribution is -2.42. The predicted molar refractivity (Wildman–Crippen MR) is 121 cm³/mol. The van der Waals surface area contributed by atoms with Crippen LogP contribution in [0.15, 0.2) is 48.5 Å². The molecule has 2 aromatic rings. The minimum Gasteiger partial charge on any atom is -0.489 e. The predicted octanol–water partition coefficient (Wildman–Crippen LogP) is 3.70. The highest BCUT2D eigenvalue weighted by molar-refractivity contribution is 6.32. The molecule has 1 amide bonds. The largest absolute Gasteiger partial charge is 0.489 e. The van der Waals surface area contributed by atoms with Gasteiger partial charge in [0.1, 0.15) is 0 Å². The van der Waals surface area contributed by atoms with Crippen LogP contribution in [0.2, 0.25) is 5.02 Å². The lowest BCUT2D eigenvalue weighted by Gasteiger charge is -2.31. The maximum Gasteiger partial charge on any atom is 0.244 e. The van der Waals surface area contributed by atoms with Gasteiger partial charge in [0.25, 0.3) is 0 Å². The molecule has 2 aliphatic heterocycles. The van der Waals surface area contributed by atoms with Gasteiger partial charge in [0.15, 0.2) is 11.5 Å². The molecule has 0 aliphatic carbocycles. The monoisotopic (exact) mass is 442 g/mol. The third-order valence-corrected chi connectivity index (χ3v) is 5.60. The van der Waals surface area contributed by atoms with E-state index in [0.717, 1.165) is 50.4 Å². The average Bonchev–Trinajstić information content (AvgIpc) is 3.05. The van der Waals surface area contributed by atoms with Gasteiger partial charge in [-0.15, -0.1) is 0 Å². The Morgan fingerprint density at radius 3 is 2.68 bits per heavy atom. The van der Waals surface area contributed by atoms with Crippen LogP contribution in [0.25, 0.3) is 6.08 Å². The van der Waals surface area contributed by atoms with E-state index in [1.165, 1.54) is 6.08 Å². The Hall–Kier alpha value is -2.54. The minimum absolute atomic E-state index is 0.108. The second-order valence-electron chi connectivity index (χ2n) is 7.60. The number of carbonyl (C=O) groups is 1. The first kappa shape index (κ1) is 21.7. The summed E-state index contributed by atoms with van der Waals surface area (Å²) in [5.41, 5.74) is 1.86. The normalized spacial score (nSPS) is 17.8. The zero-order valence-corrected chi connectivity index (χ0v) is 18.1. The number of carbonyl (C=O) groups excluding carboxylic acids is 1. The molecule has 0 saturated carbocycles. The molecule has 31 heavy (non-hydrogen) atoms. The Labute approximate surface area is 187 Å². The summed E-state index contributed by atoms with van der Waals surface area (Å²) in [6.45, 7) is 5.07. The molecule has 1 unspecified atom stereocenters. The number of benzene rings is 2. The average molecular weight is 443 g/mol. The Kier molecular flexibility index (Phi) is 7.46. The standard InChI is InChI=1S/C24H27ClN2O4/c25-20-15-18(16-22-24(20)31-12-4-11-30-22)7-8-23(28)26-21(19-5-2-1-3-6-19)17-27-9-13-29-14-10-27/h1-3,5-8,15-16,21H,4,9-14,17H2,(H,26,28)/b8-7+. The van der Waals surface area contributed by atoms with Gasteiger partial charge in [-0.3, -0.25) is 9.69 Å². The van der Waals surface area contributed by atoms with Crippen molar-refractivity contribution in [1.82, 2.24) is 10.2 Å². The molecule has 1 N–H and O–H groups in total. The molecule has 0 bridgehead atoms. The van der Waals surface area contributed by atoms with Gasteiger partial charge in [0, 0.05) is 32.1 Å². The van der Waals surface area contributed by atoms with Gasteiger partial charge in [-0.2, -0.15) is 0 Å². The molecule has 0 radical (unpaired) electrons. The number of hydrogen-bond donors (Lipinski definition) is 1. The van der Waals surface area contributed by atoms with Crippen molar-refractivity contribution >= 4 is 23.6 Å². The summed E-state index contributed by atoms with van der Waals surface area (Å²) >= 11 is 6.35. The first-order valence-electron chi connectivity index (χ1n) is 10.6. The number of halogens is 1. The van der Waals surface area contributed by atoms with Crippen LogP contribution < -0.4 is 14.8 Å². The van der Waals surface area contributed by atoms with Gasteiger partial charge in [0.2, 0.25) is 5.91 Å². The molecular formula is C24H27ClN2O4. The van der Waals surface area contributed by atoms with Crippen LogP contribution >= 0.6 is 11.6 Å². The molecular weight excluding hydrogens is 416 g/mol. The van der Waals surface area contributed by atoms with Crippen LogP contribution in [-0.2, 0) is 9.53 Å². The van der Waals surface area contributed by atoms with Crippen LogP contribution in [0, 0.1) is 0 Å². The third kappa shape index (κ3) is 6.00. The summed E-state index contributed by atoms with van der Waals surface area (Å²) < 4.78 is 16.8. The number of ether oxygens (including phenoxy) is 3. The molecule has 4 rings (SSSR count). The molecule has 2 aromatic carbocycles. The van der Waals surface area contributed by atoms with E-state index in [-0.39, 0.29) is 11.9 Å². The van der Waals surface area contributed by atoms with Gasteiger partial charge < -0.3 is 19.5 Å². The second-order valence-corrected chi connectivity index (χ2v) is 8.01. The van der Waals surface area contributed by atoms with Crippen molar-refractivity contribution in [3.05, 3.63) is 64.7 Å². The van der Waals surface area contributed by atoms with Crippen molar-refractivity contribution in [3.63, 3.8) is 0 Å². The Balaban J connectivity index is 1.45. The van der Waals surface area contributed by atoms with Crippen LogP contribution in [0.5, 0.6) is 11.5 Å². The summed E-state index contributed by atoms with van der Waals surface area (Å²) in [5.74, 6) is 1.01. The quantitative estimate of drug-likeness (QED) is 0.691. The van der Waals surface area contributed by atoms with E-state index in [1.54, 1.807) is 12.1 Å². The van der Waals surface area contributed by atoms with E-state index >= 15 is 0 Å². The number of amides is 1. The van der Waals surface area contributed by atoms with Crippen molar-refractivity contribution in [2.45, 2.75) is 12.5 Å². The molecule has 1 atom stereocenters. The molecule has 2 aliphatic rings. The third-order valence-electron chi connectivity index (χ3n) is 5.31. The number of rotatable bonds is 6. The van der Waals surface area contributed by atoms with Gasteiger partial charge in [-0.1, -0.05) is 41.9 Å². The van der Waals surface area contributed by atoms with E-state index < -0.39 is 0 Å². The Morgan fingerprint density at radius 1 is 1.10 bits per heavy atom. The van der Waals surface area contributed by atoms with Crippen molar-refractivity contribution in [1.29, 1.82) is 0 Å². The summed E-state index contributed by atoms with van der Waals surface area (Å²) in [4.78, 5) is 15.1. The summed E-state index contributed by atoms with van der Waals surface area (Å²) in [5, 5.41) is 3.62. The van der Waals surface area contributed by atoms with Gasteiger partial charge in [0.05, 0.1) is 37.5 Å². The lowest BCUT2D eigenvalue weighted by molar-refractivity contribution is -0.117. The second kappa shape index (κ2) is 10.7. The number of fused-ring (bicyclic) bond motifs is 1. The first-order valence-corrected chi connectivity index (χ1v) is 11.0. The fourth-order valence-corrected chi connectivity index (χ4v) is 3.97. The van der Waals surface area contributed by atoms with Crippen molar-refractivity contribution in [2.75, 3.05) is 46.1 Å². The minimum atomic E-state index is -0.162. The zero-order chi connectivity index (χ0) is 21.5. The molecule has 164 valence electrons. The number of morpholine rings is 1. The van der Waals surface area contributed by atoms with Crippen molar-refractivity contribution in [2.24, 2.45) is 0 Å². The van der Waals surface area contributed by atoms with E-state index in [1.807, 2.05) is 36.4 Å². The summed E-state index contributed by atoms with van der Waals surface area (Å²) in [7, 11) is 0. The van der Waals surface area contributed by atoms with Crippen LogP contribution in [0.4, 0.5) is 0 Å². The van der Waals surface area contributed by atoms with Gasteiger partial charge in [-0.05, 0) is 29.3 Å². The highest BCUT2D eigenvalue weighted by Gasteiger charge is 2.20. The van der Waals surface area contributed by atoms with E-state index in [9.17, 15) is 4.79 Å². The maximum atomic E-state index is 12.7. The lowest BCUT2D eigenvalue weighted by atomic mass is 10.1. The van der Waals surface area contributed by atoms with Crippen LogP contribution in [-0.4, -0.2) is 56.9 Å². The number of nitrogens with zero attached hydrogens (tertiary/aromatic N) is 1. The van der Waals surface area contributed by atoms with Crippen LogP contribution in [0.3, 0.4) is 0 Å². The highest BCUT2D eigenvalue weighted by Crippen LogP contribution is 2.38. The molecule has 0 aromatic heterocycles. The Bertz CT molecular complexity index is 913. The molecule has 6 nitrogen and oxygen atoms in total. The van der Waals surface area contributed by atoms with E-state index in [2.05, 4.69) is 10.2 Å². The SMILES string of the molecule is O=C(/C=C/c1cc(Cl)c2c(c1)OCCCO2)NC(CN1CCOCC1)c1ccccc1. The summed E-state index contributed by atoms with van der Waals surface area (Å²) in [6, 6.07) is 13.6. The molecule has 0 spiro atoms. The van der Waals surface area contributed by atoms with Crippen LogP contribution in [0.1, 0.15) is 23.6 Å². The first-order chi connectivity index (χ1) is 15.2.